The van der Waals surface area contributed by atoms with Crippen LogP contribution in [0.3, 0.4) is 0 Å². The van der Waals surface area contributed by atoms with E-state index in [1.807, 2.05) is 13.0 Å². The van der Waals surface area contributed by atoms with Crippen molar-refractivity contribution in [2.45, 2.75) is 13.3 Å². The first-order valence-corrected chi connectivity index (χ1v) is 8.22. The number of aromatic nitrogens is 2. The minimum absolute atomic E-state index is 0.333. The van der Waals surface area contributed by atoms with E-state index in [2.05, 4.69) is 11.1 Å². The molecule has 0 unspecified atom stereocenters. The lowest BCUT2D eigenvalue weighted by atomic mass is 10.0. The van der Waals surface area contributed by atoms with Gasteiger partial charge in [0.05, 0.1) is 30.7 Å². The van der Waals surface area contributed by atoms with E-state index in [0.717, 1.165) is 16.5 Å². The Morgan fingerprint density at radius 1 is 1.37 bits per heavy atom. The Labute approximate surface area is 154 Å². The van der Waals surface area contributed by atoms with Gasteiger partial charge in [-0.2, -0.15) is 5.26 Å². The van der Waals surface area contributed by atoms with Crippen LogP contribution in [0.5, 0.6) is 5.75 Å². The SMILES string of the molecule is COc1cc(C)c2c(ccn2C(=O)O)c1Cc1nc2cc(C#N)ccc2o1. The van der Waals surface area contributed by atoms with Crippen LogP contribution in [0.4, 0.5) is 4.79 Å². The molecule has 27 heavy (non-hydrogen) atoms. The number of hydrogen-bond donors (Lipinski definition) is 1. The number of ether oxygens (including phenoxy) is 1. The van der Waals surface area contributed by atoms with E-state index in [9.17, 15) is 9.90 Å². The van der Waals surface area contributed by atoms with E-state index in [1.165, 1.54) is 10.8 Å². The maximum absolute atomic E-state index is 11.5. The van der Waals surface area contributed by atoms with E-state index in [-0.39, 0.29) is 0 Å². The quantitative estimate of drug-likeness (QED) is 0.590. The predicted octanol–water partition coefficient (Wildman–Crippen LogP) is 4.09. The van der Waals surface area contributed by atoms with E-state index in [4.69, 9.17) is 14.4 Å². The van der Waals surface area contributed by atoms with Crippen molar-refractivity contribution in [1.82, 2.24) is 9.55 Å². The van der Waals surface area contributed by atoms with Crippen molar-refractivity contribution in [3.8, 4) is 11.8 Å². The van der Waals surface area contributed by atoms with Crippen molar-refractivity contribution in [1.29, 1.82) is 5.26 Å². The van der Waals surface area contributed by atoms with Gasteiger partial charge in [0, 0.05) is 17.1 Å². The summed E-state index contributed by atoms with van der Waals surface area (Å²) in [7, 11) is 1.57. The maximum atomic E-state index is 11.5. The monoisotopic (exact) mass is 361 g/mol. The highest BCUT2D eigenvalue weighted by Gasteiger charge is 2.19. The fourth-order valence-corrected chi connectivity index (χ4v) is 3.36. The van der Waals surface area contributed by atoms with Gasteiger partial charge in [-0.15, -0.1) is 0 Å². The third-order valence-electron chi connectivity index (χ3n) is 4.54. The Balaban J connectivity index is 1.87. The van der Waals surface area contributed by atoms with Gasteiger partial charge < -0.3 is 14.3 Å². The van der Waals surface area contributed by atoms with Crippen molar-refractivity contribution in [2.75, 3.05) is 7.11 Å². The predicted molar refractivity (Wildman–Crippen MR) is 98.2 cm³/mol. The molecule has 4 aromatic rings. The Bertz CT molecular complexity index is 1240. The molecule has 0 radical (unpaired) electrons. The highest BCUT2D eigenvalue weighted by Crippen LogP contribution is 2.34. The zero-order chi connectivity index (χ0) is 19.1. The molecule has 7 heteroatoms. The summed E-state index contributed by atoms with van der Waals surface area (Å²) in [6, 6.07) is 10.7. The maximum Gasteiger partial charge on any atom is 0.416 e. The number of hydrogen-bond acceptors (Lipinski definition) is 5. The first kappa shape index (κ1) is 16.7. The smallest absolute Gasteiger partial charge is 0.416 e. The molecule has 0 aliphatic heterocycles. The van der Waals surface area contributed by atoms with Crippen molar-refractivity contribution in [3.05, 3.63) is 59.1 Å². The average Bonchev–Trinajstić information content (AvgIpc) is 3.27. The van der Waals surface area contributed by atoms with Crippen LogP contribution in [0.2, 0.25) is 0 Å². The summed E-state index contributed by atoms with van der Waals surface area (Å²) in [4.78, 5) is 16.0. The molecule has 0 aliphatic carbocycles. The molecule has 0 saturated heterocycles. The number of methoxy groups -OCH3 is 1. The molecule has 1 N–H and O–H groups in total. The molecule has 0 spiro atoms. The van der Waals surface area contributed by atoms with Crippen molar-refractivity contribution < 1.29 is 19.1 Å². The van der Waals surface area contributed by atoms with E-state index < -0.39 is 6.09 Å². The molecule has 0 fully saturated rings. The topological polar surface area (TPSA) is 101 Å². The Kier molecular flexibility index (Phi) is 3.81. The van der Waals surface area contributed by atoms with Gasteiger partial charge in [-0.05, 0) is 42.8 Å². The molecule has 4 rings (SSSR count). The molecule has 7 nitrogen and oxygen atoms in total. The molecule has 134 valence electrons. The second-order valence-electron chi connectivity index (χ2n) is 6.18. The van der Waals surface area contributed by atoms with Gasteiger partial charge in [-0.3, -0.25) is 4.57 Å². The van der Waals surface area contributed by atoms with Gasteiger partial charge in [0.1, 0.15) is 11.3 Å². The first-order chi connectivity index (χ1) is 13.0. The molecule has 2 aromatic carbocycles. The number of nitrogens with zero attached hydrogens (tertiary/aromatic N) is 3. The number of nitriles is 1. The lowest BCUT2D eigenvalue weighted by Crippen LogP contribution is -2.07. The van der Waals surface area contributed by atoms with Crippen LogP contribution in [0.15, 0.2) is 40.9 Å². The molecular weight excluding hydrogens is 346 g/mol. The van der Waals surface area contributed by atoms with Crippen LogP contribution in [0, 0.1) is 18.3 Å². The third-order valence-corrected chi connectivity index (χ3v) is 4.54. The fourth-order valence-electron chi connectivity index (χ4n) is 3.36. The summed E-state index contributed by atoms with van der Waals surface area (Å²) in [5.41, 5.74) is 3.92. The van der Waals surface area contributed by atoms with Gasteiger partial charge in [0.2, 0.25) is 0 Å². The van der Waals surface area contributed by atoms with Gasteiger partial charge >= 0.3 is 6.09 Å². The molecule has 2 heterocycles. The summed E-state index contributed by atoms with van der Waals surface area (Å²) in [6.45, 7) is 1.84. The van der Waals surface area contributed by atoms with Crippen molar-refractivity contribution >= 4 is 28.1 Å². The Morgan fingerprint density at radius 3 is 2.89 bits per heavy atom. The number of fused-ring (bicyclic) bond motifs is 2. The fraction of sp³-hybridized carbons (Fsp3) is 0.150. The van der Waals surface area contributed by atoms with E-state index in [0.29, 0.717) is 40.2 Å². The zero-order valence-corrected chi connectivity index (χ0v) is 14.7. The second-order valence-corrected chi connectivity index (χ2v) is 6.18. The van der Waals surface area contributed by atoms with Crippen LogP contribution in [-0.4, -0.2) is 27.9 Å². The van der Waals surface area contributed by atoms with E-state index >= 15 is 0 Å². The lowest BCUT2D eigenvalue weighted by Gasteiger charge is -2.12. The molecule has 0 amide bonds. The van der Waals surface area contributed by atoms with Gasteiger partial charge in [0.25, 0.3) is 0 Å². The molecule has 0 atom stereocenters. The number of carbonyl (C=O) groups is 1. The molecule has 0 saturated carbocycles. The molecule has 0 bridgehead atoms. The first-order valence-electron chi connectivity index (χ1n) is 8.22. The summed E-state index contributed by atoms with van der Waals surface area (Å²) in [5.74, 6) is 1.11. The summed E-state index contributed by atoms with van der Waals surface area (Å²) in [6.07, 6.45) is 0.809. The molecular formula is C20H15N3O4. The number of benzene rings is 2. The minimum atomic E-state index is -1.05. The minimum Gasteiger partial charge on any atom is -0.496 e. The Hall–Kier alpha value is -3.79. The average molecular weight is 361 g/mol. The largest absolute Gasteiger partial charge is 0.496 e. The van der Waals surface area contributed by atoms with Crippen LogP contribution in [0.25, 0.3) is 22.0 Å². The summed E-state index contributed by atoms with van der Waals surface area (Å²) in [5, 5.41) is 19.2. The highest BCUT2D eigenvalue weighted by atomic mass is 16.5. The van der Waals surface area contributed by atoms with Crippen LogP contribution < -0.4 is 4.74 Å². The number of rotatable bonds is 3. The standard InChI is InChI=1S/C20H15N3O4/c1-11-7-17(26-2)14(13-5-6-23(19(11)13)20(24)25)9-18-22-15-8-12(10-21)3-4-16(15)27-18/h3-8H,9H2,1-2H3,(H,24,25). The molecule has 0 aliphatic rings. The number of aryl methyl sites for hydroxylation is 1. The Morgan fingerprint density at radius 2 is 2.19 bits per heavy atom. The van der Waals surface area contributed by atoms with Crippen LogP contribution in [0.1, 0.15) is 22.6 Å². The van der Waals surface area contributed by atoms with Crippen molar-refractivity contribution in [3.63, 3.8) is 0 Å². The third kappa shape index (κ3) is 2.68. The summed E-state index contributed by atoms with van der Waals surface area (Å²) < 4.78 is 12.5. The second kappa shape index (κ2) is 6.18. The van der Waals surface area contributed by atoms with Crippen LogP contribution >= 0.6 is 0 Å². The van der Waals surface area contributed by atoms with Crippen LogP contribution in [-0.2, 0) is 6.42 Å². The van der Waals surface area contributed by atoms with Gasteiger partial charge in [-0.25, -0.2) is 9.78 Å². The highest BCUT2D eigenvalue weighted by molar-refractivity contribution is 5.94. The number of carboxylic acid groups (broad SMARTS) is 1. The van der Waals surface area contributed by atoms with E-state index in [1.54, 1.807) is 31.4 Å². The summed E-state index contributed by atoms with van der Waals surface area (Å²) >= 11 is 0. The number of oxazole rings is 1. The zero-order valence-electron chi connectivity index (χ0n) is 14.7. The lowest BCUT2D eigenvalue weighted by molar-refractivity contribution is 0.197. The molecule has 2 aromatic heterocycles. The normalized spacial score (nSPS) is 11.0. The van der Waals surface area contributed by atoms with Gasteiger partial charge in [0.15, 0.2) is 11.5 Å². The van der Waals surface area contributed by atoms with Gasteiger partial charge in [-0.1, -0.05) is 0 Å². The van der Waals surface area contributed by atoms with Crippen molar-refractivity contribution in [2.24, 2.45) is 0 Å².